The Morgan fingerprint density at radius 3 is 1.14 bits per heavy atom. The van der Waals surface area contributed by atoms with Crippen LogP contribution in [0.4, 0.5) is 0 Å². The van der Waals surface area contributed by atoms with Crippen molar-refractivity contribution in [1.82, 2.24) is 0 Å². The Balaban J connectivity index is 0.902. The fraction of sp³-hybridized carbons (Fsp3) is 0.0476. The molecule has 0 aliphatic heterocycles. The van der Waals surface area contributed by atoms with E-state index in [1.807, 2.05) is 0 Å². The normalized spacial score (nSPS) is 15.8. The standard InChI is InChI=1S/C63H44/c1-4-17-46(18-5-1)61-57-39-38-51(41-58(57)62(47-19-6-2-7-20-47)63(61)48-21-8-3-9-22-48)45-30-28-43(29-31-45)44-32-35-49(36-33-44)59-53-24-12-14-26-55(53)60(56-27-15-13-25-54(56)59)52-37-34-42-16-10-11-23-50(42)40-52/h1-41,61-63H. The van der Waals surface area contributed by atoms with Gasteiger partial charge < -0.3 is 0 Å². The van der Waals surface area contributed by atoms with E-state index < -0.39 is 0 Å². The van der Waals surface area contributed by atoms with E-state index in [0.29, 0.717) is 0 Å². The predicted octanol–water partition coefficient (Wildman–Crippen LogP) is 16.9. The summed E-state index contributed by atoms with van der Waals surface area (Å²) in [6.45, 7) is 0. The lowest BCUT2D eigenvalue weighted by Crippen LogP contribution is -2.13. The predicted molar refractivity (Wildman–Crippen MR) is 266 cm³/mol. The Kier molecular flexibility index (Phi) is 9.16. The minimum Gasteiger partial charge on any atom is -0.0622 e. The van der Waals surface area contributed by atoms with Crippen LogP contribution in [0.1, 0.15) is 45.6 Å². The molecule has 11 aromatic carbocycles. The summed E-state index contributed by atoms with van der Waals surface area (Å²) in [5.41, 5.74) is 16.9. The van der Waals surface area contributed by atoms with E-state index in [0.717, 1.165) is 0 Å². The van der Waals surface area contributed by atoms with Gasteiger partial charge in [-0.15, -0.1) is 0 Å². The molecule has 1 aliphatic carbocycles. The Morgan fingerprint density at radius 2 is 0.603 bits per heavy atom. The average Bonchev–Trinajstić information content (AvgIpc) is 3.71. The van der Waals surface area contributed by atoms with E-state index in [-0.39, 0.29) is 17.8 Å². The van der Waals surface area contributed by atoms with Crippen molar-refractivity contribution >= 4 is 32.3 Å². The summed E-state index contributed by atoms with van der Waals surface area (Å²) in [6.07, 6.45) is 0. The van der Waals surface area contributed by atoms with E-state index >= 15 is 0 Å². The molecule has 3 atom stereocenters. The minimum absolute atomic E-state index is 0.232. The van der Waals surface area contributed by atoms with Crippen LogP contribution in [0.3, 0.4) is 0 Å². The van der Waals surface area contributed by atoms with Crippen LogP contribution in [0.2, 0.25) is 0 Å². The molecule has 0 heterocycles. The van der Waals surface area contributed by atoms with Crippen molar-refractivity contribution in [1.29, 1.82) is 0 Å². The van der Waals surface area contributed by atoms with Gasteiger partial charge in [0.25, 0.3) is 0 Å². The Labute approximate surface area is 369 Å². The minimum atomic E-state index is 0.232. The quantitative estimate of drug-likeness (QED) is 0.141. The highest BCUT2D eigenvalue weighted by Crippen LogP contribution is 2.58. The van der Waals surface area contributed by atoms with Crippen LogP contribution in [0, 0.1) is 0 Å². The van der Waals surface area contributed by atoms with Gasteiger partial charge in [-0.05, 0) is 111 Å². The first-order chi connectivity index (χ1) is 31.3. The van der Waals surface area contributed by atoms with Gasteiger partial charge >= 0.3 is 0 Å². The first-order valence-electron chi connectivity index (χ1n) is 22.2. The second-order valence-electron chi connectivity index (χ2n) is 17.1. The largest absolute Gasteiger partial charge is 0.0622 e. The van der Waals surface area contributed by atoms with Crippen LogP contribution in [-0.4, -0.2) is 0 Å². The van der Waals surface area contributed by atoms with Gasteiger partial charge in [-0.1, -0.05) is 243 Å². The molecule has 0 saturated carbocycles. The van der Waals surface area contributed by atoms with Crippen molar-refractivity contribution in [2.45, 2.75) is 17.8 Å². The zero-order valence-corrected chi connectivity index (χ0v) is 34.9. The molecule has 0 spiro atoms. The van der Waals surface area contributed by atoms with Gasteiger partial charge in [-0.3, -0.25) is 0 Å². The number of benzene rings is 11. The van der Waals surface area contributed by atoms with Crippen LogP contribution in [0.25, 0.3) is 76.8 Å². The maximum Gasteiger partial charge on any atom is 0.0170 e. The van der Waals surface area contributed by atoms with E-state index in [2.05, 4.69) is 249 Å². The summed E-state index contributed by atoms with van der Waals surface area (Å²) < 4.78 is 0. The fourth-order valence-electron chi connectivity index (χ4n) is 10.8. The fourth-order valence-corrected chi connectivity index (χ4v) is 10.8. The molecule has 63 heavy (non-hydrogen) atoms. The Hall–Kier alpha value is -7.80. The second kappa shape index (κ2) is 15.6. The van der Waals surface area contributed by atoms with E-state index in [4.69, 9.17) is 0 Å². The van der Waals surface area contributed by atoms with Crippen molar-refractivity contribution < 1.29 is 0 Å². The SMILES string of the molecule is c1ccc(C2c3ccc(-c4ccc(-c5ccc(-c6c7ccccc7c(-c7ccc8ccccc8c7)c7ccccc67)cc5)cc4)cc3C(c3ccccc3)C2c2ccccc2)cc1. The molecule has 0 saturated heterocycles. The van der Waals surface area contributed by atoms with Crippen LogP contribution < -0.4 is 0 Å². The maximum absolute atomic E-state index is 2.48. The van der Waals surface area contributed by atoms with Gasteiger partial charge in [0.05, 0.1) is 0 Å². The zero-order valence-electron chi connectivity index (χ0n) is 34.9. The summed E-state index contributed by atoms with van der Waals surface area (Å²) in [4.78, 5) is 0. The van der Waals surface area contributed by atoms with Crippen LogP contribution in [-0.2, 0) is 0 Å². The highest BCUT2D eigenvalue weighted by molar-refractivity contribution is 6.21. The number of hydrogen-bond acceptors (Lipinski definition) is 0. The molecule has 0 nitrogen and oxygen atoms in total. The zero-order chi connectivity index (χ0) is 41.7. The molecular formula is C63H44. The van der Waals surface area contributed by atoms with Gasteiger partial charge in [0.1, 0.15) is 0 Å². The molecule has 0 N–H and O–H groups in total. The molecule has 0 bridgehead atoms. The molecule has 11 aromatic rings. The van der Waals surface area contributed by atoms with Crippen molar-refractivity contribution in [2.24, 2.45) is 0 Å². The lowest BCUT2D eigenvalue weighted by molar-refractivity contribution is 0.596. The summed E-state index contributed by atoms with van der Waals surface area (Å²) in [6, 6.07) is 92.4. The molecule has 3 unspecified atom stereocenters. The molecule has 0 radical (unpaired) electrons. The lowest BCUT2D eigenvalue weighted by atomic mass is 9.75. The van der Waals surface area contributed by atoms with Gasteiger partial charge in [-0.25, -0.2) is 0 Å². The molecule has 0 fully saturated rings. The molecule has 0 amide bonds. The molecule has 296 valence electrons. The molecule has 0 aromatic heterocycles. The Morgan fingerprint density at radius 1 is 0.222 bits per heavy atom. The highest BCUT2D eigenvalue weighted by Gasteiger charge is 2.43. The van der Waals surface area contributed by atoms with Crippen molar-refractivity contribution in [3.05, 3.63) is 277 Å². The molecule has 0 heteroatoms. The average molecular weight is 801 g/mol. The third-order valence-electron chi connectivity index (χ3n) is 13.7. The lowest BCUT2D eigenvalue weighted by Gasteiger charge is -2.27. The molecule has 1 aliphatic rings. The van der Waals surface area contributed by atoms with Crippen LogP contribution in [0.5, 0.6) is 0 Å². The van der Waals surface area contributed by atoms with Crippen molar-refractivity contribution in [3.63, 3.8) is 0 Å². The van der Waals surface area contributed by atoms with E-state index in [9.17, 15) is 0 Å². The third kappa shape index (κ3) is 6.46. The van der Waals surface area contributed by atoms with E-state index in [1.165, 1.54) is 105 Å². The number of rotatable bonds is 7. The summed E-state index contributed by atoms with van der Waals surface area (Å²) in [5.74, 6) is 0.771. The van der Waals surface area contributed by atoms with Crippen LogP contribution in [0.15, 0.2) is 249 Å². The van der Waals surface area contributed by atoms with Crippen molar-refractivity contribution in [2.75, 3.05) is 0 Å². The maximum atomic E-state index is 2.48. The van der Waals surface area contributed by atoms with Gasteiger partial charge in [0.15, 0.2) is 0 Å². The summed E-state index contributed by atoms with van der Waals surface area (Å²) >= 11 is 0. The first-order valence-corrected chi connectivity index (χ1v) is 22.2. The van der Waals surface area contributed by atoms with Crippen molar-refractivity contribution in [3.8, 4) is 44.5 Å². The Bertz CT molecular complexity index is 3360. The second-order valence-corrected chi connectivity index (χ2v) is 17.1. The number of hydrogen-bond donors (Lipinski definition) is 0. The molecule has 12 rings (SSSR count). The summed E-state index contributed by atoms with van der Waals surface area (Å²) in [5, 5.41) is 7.60. The monoisotopic (exact) mass is 800 g/mol. The van der Waals surface area contributed by atoms with Gasteiger partial charge in [0, 0.05) is 17.8 Å². The van der Waals surface area contributed by atoms with E-state index in [1.54, 1.807) is 0 Å². The summed E-state index contributed by atoms with van der Waals surface area (Å²) in [7, 11) is 0. The topological polar surface area (TPSA) is 0 Å². The third-order valence-corrected chi connectivity index (χ3v) is 13.7. The van der Waals surface area contributed by atoms with Gasteiger partial charge in [0.2, 0.25) is 0 Å². The number of fused-ring (bicyclic) bond motifs is 4. The van der Waals surface area contributed by atoms with Gasteiger partial charge in [-0.2, -0.15) is 0 Å². The first kappa shape index (κ1) is 37.0. The highest BCUT2D eigenvalue weighted by atomic mass is 14.5. The smallest absolute Gasteiger partial charge is 0.0170 e. The van der Waals surface area contributed by atoms with Crippen LogP contribution >= 0.6 is 0 Å². The molecular weight excluding hydrogens is 757 g/mol.